The normalized spacial score (nSPS) is 11.0. The fourth-order valence-electron chi connectivity index (χ4n) is 3.61. The fraction of sp³-hybridized carbons (Fsp3) is 0.172. The third kappa shape index (κ3) is 6.76. The third-order valence-electron chi connectivity index (χ3n) is 5.52. The standard InChI is InChI=1S/C29H28N2O5/c1-20-18-29(33)36-27-19-23(13-14-24(20)27)35-17-5-4-16-34-22-11-8-21(9-12-22)10-15-28(32)31-26-7-3-2-6-25(26)30/h2-3,6-15,18-19H,4-5,16-17,30H2,1H3,(H,31,32)/b15-10+. The van der Waals surface area contributed by atoms with Gasteiger partial charge in [0, 0.05) is 23.6 Å². The van der Waals surface area contributed by atoms with E-state index < -0.39 is 0 Å². The summed E-state index contributed by atoms with van der Waals surface area (Å²) in [7, 11) is 0. The summed E-state index contributed by atoms with van der Waals surface area (Å²) in [6, 6.07) is 21.6. The summed E-state index contributed by atoms with van der Waals surface area (Å²) in [6.07, 6.45) is 4.84. The Morgan fingerprint density at radius 2 is 1.64 bits per heavy atom. The zero-order valence-electron chi connectivity index (χ0n) is 20.0. The molecule has 0 unspecified atom stereocenters. The van der Waals surface area contributed by atoms with Gasteiger partial charge in [0.25, 0.3) is 0 Å². The summed E-state index contributed by atoms with van der Waals surface area (Å²) >= 11 is 0. The molecule has 184 valence electrons. The maximum atomic E-state index is 12.1. The van der Waals surface area contributed by atoms with Crippen LogP contribution in [-0.4, -0.2) is 19.1 Å². The van der Waals surface area contributed by atoms with E-state index in [4.69, 9.17) is 19.6 Å². The molecule has 4 aromatic rings. The van der Waals surface area contributed by atoms with Gasteiger partial charge in [-0.3, -0.25) is 4.79 Å². The molecule has 0 radical (unpaired) electrons. The maximum Gasteiger partial charge on any atom is 0.336 e. The Bertz CT molecular complexity index is 1420. The quantitative estimate of drug-likeness (QED) is 0.132. The first-order valence-electron chi connectivity index (χ1n) is 11.7. The number of ether oxygens (including phenoxy) is 2. The number of fused-ring (bicyclic) bond motifs is 1. The third-order valence-corrected chi connectivity index (χ3v) is 5.52. The van der Waals surface area contributed by atoms with E-state index in [1.165, 1.54) is 12.1 Å². The lowest BCUT2D eigenvalue weighted by molar-refractivity contribution is -0.111. The van der Waals surface area contributed by atoms with E-state index in [1.54, 1.807) is 24.3 Å². The lowest BCUT2D eigenvalue weighted by Crippen LogP contribution is -2.09. The smallest absolute Gasteiger partial charge is 0.336 e. The minimum absolute atomic E-state index is 0.251. The molecule has 0 spiro atoms. The van der Waals surface area contributed by atoms with Crippen LogP contribution in [0.3, 0.4) is 0 Å². The summed E-state index contributed by atoms with van der Waals surface area (Å²) in [4.78, 5) is 23.7. The first-order valence-corrected chi connectivity index (χ1v) is 11.7. The molecule has 3 N–H and O–H groups in total. The summed E-state index contributed by atoms with van der Waals surface area (Å²) < 4.78 is 16.8. The highest BCUT2D eigenvalue weighted by Gasteiger charge is 2.05. The lowest BCUT2D eigenvalue weighted by atomic mass is 10.1. The molecule has 1 aromatic heterocycles. The van der Waals surface area contributed by atoms with Crippen molar-refractivity contribution in [2.24, 2.45) is 0 Å². The number of anilines is 2. The Balaban J connectivity index is 1.17. The number of para-hydroxylation sites is 2. The number of hydrogen-bond donors (Lipinski definition) is 2. The van der Waals surface area contributed by atoms with Gasteiger partial charge in [0.1, 0.15) is 17.1 Å². The van der Waals surface area contributed by atoms with Crippen LogP contribution in [0.2, 0.25) is 0 Å². The minimum atomic E-state index is -0.363. The molecule has 0 aliphatic rings. The van der Waals surface area contributed by atoms with Crippen LogP contribution in [0.4, 0.5) is 11.4 Å². The molecule has 1 amide bonds. The molecule has 0 atom stereocenters. The van der Waals surface area contributed by atoms with Crippen molar-refractivity contribution in [1.29, 1.82) is 0 Å². The second kappa shape index (κ2) is 11.8. The van der Waals surface area contributed by atoms with E-state index >= 15 is 0 Å². The Hall–Kier alpha value is -4.52. The second-order valence-corrected chi connectivity index (χ2v) is 8.29. The van der Waals surface area contributed by atoms with Crippen molar-refractivity contribution in [3.63, 3.8) is 0 Å². The van der Waals surface area contributed by atoms with Crippen molar-refractivity contribution >= 4 is 34.3 Å². The number of unbranched alkanes of at least 4 members (excludes halogenated alkanes) is 1. The van der Waals surface area contributed by atoms with Gasteiger partial charge in [-0.2, -0.15) is 0 Å². The van der Waals surface area contributed by atoms with Crippen molar-refractivity contribution in [3.8, 4) is 11.5 Å². The Labute approximate surface area is 209 Å². The Morgan fingerprint density at radius 3 is 2.39 bits per heavy atom. The molecule has 0 saturated carbocycles. The molecule has 0 saturated heterocycles. The molecule has 36 heavy (non-hydrogen) atoms. The van der Waals surface area contributed by atoms with Crippen LogP contribution in [-0.2, 0) is 4.79 Å². The average molecular weight is 485 g/mol. The predicted molar refractivity (Wildman–Crippen MR) is 142 cm³/mol. The molecule has 0 fully saturated rings. The number of nitrogens with two attached hydrogens (primary N) is 1. The number of carbonyl (C=O) groups excluding carboxylic acids is 1. The van der Waals surface area contributed by atoms with Crippen molar-refractivity contribution < 1.29 is 18.7 Å². The van der Waals surface area contributed by atoms with Crippen LogP contribution in [0.25, 0.3) is 17.0 Å². The summed E-state index contributed by atoms with van der Waals surface area (Å²) in [5.74, 6) is 1.18. The molecule has 0 aliphatic carbocycles. The van der Waals surface area contributed by atoms with Crippen LogP contribution in [0.5, 0.6) is 11.5 Å². The van der Waals surface area contributed by atoms with Crippen LogP contribution < -0.4 is 26.1 Å². The highest BCUT2D eigenvalue weighted by molar-refractivity contribution is 6.03. The topological polar surface area (TPSA) is 104 Å². The van der Waals surface area contributed by atoms with Gasteiger partial charge in [-0.25, -0.2) is 4.79 Å². The van der Waals surface area contributed by atoms with E-state index in [2.05, 4.69) is 5.32 Å². The van der Waals surface area contributed by atoms with E-state index in [1.807, 2.05) is 55.5 Å². The first-order chi connectivity index (χ1) is 17.5. The number of nitrogens with one attached hydrogen (secondary N) is 1. The molecular formula is C29H28N2O5. The summed E-state index contributed by atoms with van der Waals surface area (Å²) in [5.41, 5.74) is 8.88. The van der Waals surface area contributed by atoms with Crippen molar-refractivity contribution in [2.75, 3.05) is 24.3 Å². The average Bonchev–Trinajstić information content (AvgIpc) is 2.86. The lowest BCUT2D eigenvalue weighted by Gasteiger charge is -2.09. The number of amides is 1. The second-order valence-electron chi connectivity index (χ2n) is 8.29. The Morgan fingerprint density at radius 1 is 0.944 bits per heavy atom. The fourth-order valence-corrected chi connectivity index (χ4v) is 3.61. The molecule has 7 nitrogen and oxygen atoms in total. The zero-order valence-corrected chi connectivity index (χ0v) is 20.0. The highest BCUT2D eigenvalue weighted by Crippen LogP contribution is 2.22. The Kier molecular flexibility index (Phi) is 8.03. The predicted octanol–water partition coefficient (Wildman–Crippen LogP) is 5.57. The maximum absolute atomic E-state index is 12.1. The van der Waals surface area contributed by atoms with Crippen molar-refractivity contribution in [2.45, 2.75) is 19.8 Å². The molecule has 0 aliphatic heterocycles. The largest absolute Gasteiger partial charge is 0.494 e. The van der Waals surface area contributed by atoms with E-state index in [-0.39, 0.29) is 11.5 Å². The van der Waals surface area contributed by atoms with Gasteiger partial charge < -0.3 is 24.9 Å². The zero-order chi connectivity index (χ0) is 25.3. The number of benzene rings is 3. The number of rotatable bonds is 10. The number of nitrogen functional groups attached to an aromatic ring is 1. The van der Waals surface area contributed by atoms with Gasteiger partial charge in [-0.15, -0.1) is 0 Å². The van der Waals surface area contributed by atoms with Crippen LogP contribution >= 0.6 is 0 Å². The number of carbonyl (C=O) groups is 1. The molecule has 1 heterocycles. The number of hydrogen-bond acceptors (Lipinski definition) is 6. The van der Waals surface area contributed by atoms with Crippen molar-refractivity contribution in [3.05, 3.63) is 100 Å². The SMILES string of the molecule is Cc1cc(=O)oc2cc(OCCCCOc3ccc(/C=C/C(=O)Nc4ccccc4N)cc3)ccc12. The summed E-state index contributed by atoms with van der Waals surface area (Å²) in [5, 5.41) is 3.66. The molecule has 0 bridgehead atoms. The van der Waals surface area contributed by atoms with Crippen LogP contribution in [0, 0.1) is 6.92 Å². The van der Waals surface area contributed by atoms with Crippen LogP contribution in [0.15, 0.2) is 88.1 Å². The molecule has 4 rings (SSSR count). The molecular weight excluding hydrogens is 456 g/mol. The van der Waals surface area contributed by atoms with Gasteiger partial charge >= 0.3 is 5.63 Å². The van der Waals surface area contributed by atoms with Gasteiger partial charge in [0.2, 0.25) is 5.91 Å². The highest BCUT2D eigenvalue weighted by atomic mass is 16.5. The van der Waals surface area contributed by atoms with Gasteiger partial charge in [0.15, 0.2) is 0 Å². The van der Waals surface area contributed by atoms with Crippen LogP contribution in [0.1, 0.15) is 24.0 Å². The van der Waals surface area contributed by atoms with E-state index in [9.17, 15) is 9.59 Å². The molecule has 3 aromatic carbocycles. The van der Waals surface area contributed by atoms with Gasteiger partial charge in [-0.1, -0.05) is 24.3 Å². The van der Waals surface area contributed by atoms with E-state index in [0.717, 1.165) is 35.1 Å². The van der Waals surface area contributed by atoms with Gasteiger partial charge in [0.05, 0.1) is 24.6 Å². The minimum Gasteiger partial charge on any atom is -0.494 e. The molecule has 7 heteroatoms. The van der Waals surface area contributed by atoms with Gasteiger partial charge in [-0.05, 0) is 73.4 Å². The van der Waals surface area contributed by atoms with Crippen molar-refractivity contribution in [1.82, 2.24) is 0 Å². The van der Waals surface area contributed by atoms with E-state index in [0.29, 0.717) is 35.9 Å². The monoisotopic (exact) mass is 484 g/mol. The number of aryl methyl sites for hydroxylation is 1. The first kappa shape index (κ1) is 24.6. The summed E-state index contributed by atoms with van der Waals surface area (Å²) in [6.45, 7) is 2.98.